The summed E-state index contributed by atoms with van der Waals surface area (Å²) in [5.41, 5.74) is 2.45. The maximum Gasteiger partial charge on any atom is 0.251 e. The van der Waals surface area contributed by atoms with Crippen LogP contribution in [0.4, 0.5) is 0 Å². The zero-order valence-corrected chi connectivity index (χ0v) is 11.2. The normalized spacial score (nSPS) is 23.9. The first-order valence-electron chi connectivity index (χ1n) is 6.58. The molecule has 2 N–H and O–H groups in total. The Hall–Kier alpha value is -1.88. The van der Waals surface area contributed by atoms with Crippen LogP contribution in [0.5, 0.6) is 0 Å². The lowest BCUT2D eigenvalue weighted by Crippen LogP contribution is -2.36. The Kier molecular flexibility index (Phi) is 2.98. The summed E-state index contributed by atoms with van der Waals surface area (Å²) < 4.78 is 0. The molecule has 100 valence electrons. The van der Waals surface area contributed by atoms with Crippen LogP contribution in [0.2, 0.25) is 0 Å². The van der Waals surface area contributed by atoms with Gasteiger partial charge in [0.25, 0.3) is 5.91 Å². The number of nitrogens with one attached hydrogen (secondary N) is 2. The van der Waals surface area contributed by atoms with Crippen molar-refractivity contribution in [2.45, 2.75) is 25.4 Å². The lowest BCUT2D eigenvalue weighted by atomic mass is 10.1. The van der Waals surface area contributed by atoms with Crippen LogP contribution < -0.4 is 5.32 Å². The monoisotopic (exact) mass is 258 g/mol. The van der Waals surface area contributed by atoms with Gasteiger partial charge in [0.1, 0.15) is 0 Å². The van der Waals surface area contributed by atoms with Gasteiger partial charge >= 0.3 is 0 Å². The summed E-state index contributed by atoms with van der Waals surface area (Å²) in [4.78, 5) is 21.7. The standard InChI is InChI=1S/C14H18N4O/c1-9-5-11(7-18(9)2)17-14(19)10-3-4-12-13(6-10)16-8-15-12/h3-4,6,8-9,11H,5,7H2,1-2H3,(H,15,16)(H,17,19). The van der Waals surface area contributed by atoms with E-state index in [1.807, 2.05) is 18.2 Å². The van der Waals surface area contributed by atoms with Crippen molar-refractivity contribution in [1.29, 1.82) is 0 Å². The molecule has 5 nitrogen and oxygen atoms in total. The zero-order valence-electron chi connectivity index (χ0n) is 11.2. The van der Waals surface area contributed by atoms with E-state index < -0.39 is 0 Å². The average Bonchev–Trinajstić information content (AvgIpc) is 2.96. The number of carbonyl (C=O) groups is 1. The number of aromatic amines is 1. The van der Waals surface area contributed by atoms with E-state index in [1.165, 1.54) is 0 Å². The summed E-state index contributed by atoms with van der Waals surface area (Å²) in [6.07, 6.45) is 2.65. The second-order valence-corrected chi connectivity index (χ2v) is 5.33. The molecular formula is C14H18N4O. The van der Waals surface area contributed by atoms with Crippen LogP contribution in [0, 0.1) is 0 Å². The van der Waals surface area contributed by atoms with Crippen molar-refractivity contribution in [3.05, 3.63) is 30.1 Å². The topological polar surface area (TPSA) is 61.0 Å². The van der Waals surface area contributed by atoms with E-state index in [0.717, 1.165) is 24.0 Å². The number of hydrogen-bond donors (Lipinski definition) is 2. The van der Waals surface area contributed by atoms with Crippen molar-refractivity contribution >= 4 is 16.9 Å². The van der Waals surface area contributed by atoms with Gasteiger partial charge in [-0.1, -0.05) is 0 Å². The highest BCUT2D eigenvalue weighted by Gasteiger charge is 2.27. The minimum absolute atomic E-state index is 0.0102. The third kappa shape index (κ3) is 2.33. The van der Waals surface area contributed by atoms with Gasteiger partial charge in [0.2, 0.25) is 0 Å². The van der Waals surface area contributed by atoms with Gasteiger partial charge in [0.15, 0.2) is 0 Å². The van der Waals surface area contributed by atoms with E-state index in [1.54, 1.807) is 6.33 Å². The van der Waals surface area contributed by atoms with Crippen LogP contribution in [0.3, 0.4) is 0 Å². The van der Waals surface area contributed by atoms with Crippen LogP contribution in [0.1, 0.15) is 23.7 Å². The van der Waals surface area contributed by atoms with E-state index in [9.17, 15) is 4.79 Å². The SMILES string of the molecule is CC1CC(NC(=O)c2ccc3nc[nH]c3c2)CN1C. The third-order valence-corrected chi connectivity index (χ3v) is 3.90. The Morgan fingerprint density at radius 1 is 1.53 bits per heavy atom. The third-order valence-electron chi connectivity index (χ3n) is 3.90. The highest BCUT2D eigenvalue weighted by atomic mass is 16.1. The number of carbonyl (C=O) groups excluding carboxylic acids is 1. The smallest absolute Gasteiger partial charge is 0.251 e. The van der Waals surface area contributed by atoms with Gasteiger partial charge in [0, 0.05) is 24.2 Å². The summed E-state index contributed by atoms with van der Waals surface area (Å²) >= 11 is 0. The van der Waals surface area contributed by atoms with E-state index >= 15 is 0 Å². The van der Waals surface area contributed by atoms with Crippen LogP contribution in [0.25, 0.3) is 11.0 Å². The second-order valence-electron chi connectivity index (χ2n) is 5.33. The summed E-state index contributed by atoms with van der Waals surface area (Å²) in [5, 5.41) is 3.10. The molecule has 5 heteroatoms. The number of hydrogen-bond acceptors (Lipinski definition) is 3. The van der Waals surface area contributed by atoms with Crippen LogP contribution in [-0.4, -0.2) is 46.5 Å². The largest absolute Gasteiger partial charge is 0.348 e. The van der Waals surface area contributed by atoms with Gasteiger partial charge < -0.3 is 15.2 Å². The molecule has 1 fully saturated rings. The number of benzene rings is 1. The summed E-state index contributed by atoms with van der Waals surface area (Å²) in [6.45, 7) is 3.10. The number of rotatable bonds is 2. The molecule has 1 saturated heterocycles. The van der Waals surface area contributed by atoms with Gasteiger partial charge in [-0.3, -0.25) is 4.79 Å². The first-order chi connectivity index (χ1) is 9.13. The Bertz CT molecular complexity index is 596. The molecule has 2 atom stereocenters. The number of imidazole rings is 1. The van der Waals surface area contributed by atoms with Crippen LogP contribution in [-0.2, 0) is 0 Å². The molecule has 1 aliphatic heterocycles. The zero-order chi connectivity index (χ0) is 13.4. The molecule has 1 aromatic carbocycles. The van der Waals surface area contributed by atoms with Crippen molar-refractivity contribution < 1.29 is 4.79 Å². The highest BCUT2D eigenvalue weighted by molar-refractivity contribution is 5.97. The molecule has 2 heterocycles. The minimum atomic E-state index is -0.0102. The van der Waals surface area contributed by atoms with Crippen molar-refractivity contribution in [1.82, 2.24) is 20.2 Å². The fourth-order valence-electron chi connectivity index (χ4n) is 2.64. The summed E-state index contributed by atoms with van der Waals surface area (Å²) in [6, 6.07) is 6.30. The lowest BCUT2D eigenvalue weighted by molar-refractivity contribution is 0.0938. The first-order valence-corrected chi connectivity index (χ1v) is 6.58. The fraction of sp³-hybridized carbons (Fsp3) is 0.429. The number of amides is 1. The molecule has 1 aromatic heterocycles. The highest BCUT2D eigenvalue weighted by Crippen LogP contribution is 2.16. The fourth-order valence-corrected chi connectivity index (χ4v) is 2.64. The maximum atomic E-state index is 12.2. The number of aromatic nitrogens is 2. The minimum Gasteiger partial charge on any atom is -0.348 e. The van der Waals surface area contributed by atoms with Gasteiger partial charge in [-0.15, -0.1) is 0 Å². The lowest BCUT2D eigenvalue weighted by Gasteiger charge is -2.13. The molecule has 19 heavy (non-hydrogen) atoms. The van der Waals surface area contributed by atoms with Crippen molar-refractivity contribution in [3.8, 4) is 0 Å². The molecular weight excluding hydrogens is 240 g/mol. The molecule has 0 spiro atoms. The van der Waals surface area contributed by atoms with E-state index in [-0.39, 0.29) is 11.9 Å². The predicted octanol–water partition coefficient (Wildman–Crippen LogP) is 1.39. The van der Waals surface area contributed by atoms with Gasteiger partial charge in [0.05, 0.1) is 17.4 Å². The Balaban J connectivity index is 1.73. The molecule has 1 amide bonds. The molecule has 0 radical (unpaired) electrons. The quantitative estimate of drug-likeness (QED) is 0.855. The number of H-pyrrole nitrogens is 1. The van der Waals surface area contributed by atoms with Crippen molar-refractivity contribution in [2.24, 2.45) is 0 Å². The summed E-state index contributed by atoms with van der Waals surface area (Å²) in [5.74, 6) is -0.0102. The van der Waals surface area contributed by atoms with E-state index in [4.69, 9.17) is 0 Å². The van der Waals surface area contributed by atoms with Crippen LogP contribution >= 0.6 is 0 Å². The molecule has 2 unspecified atom stereocenters. The van der Waals surface area contributed by atoms with Gasteiger partial charge in [-0.2, -0.15) is 0 Å². The number of fused-ring (bicyclic) bond motifs is 1. The molecule has 0 bridgehead atoms. The second kappa shape index (κ2) is 4.66. The molecule has 1 aliphatic rings. The van der Waals surface area contributed by atoms with Gasteiger partial charge in [-0.05, 0) is 38.6 Å². The number of nitrogens with zero attached hydrogens (tertiary/aromatic N) is 2. The molecule has 0 aliphatic carbocycles. The molecule has 3 rings (SSSR count). The first kappa shape index (κ1) is 12.2. The molecule has 0 saturated carbocycles. The summed E-state index contributed by atoms with van der Waals surface area (Å²) in [7, 11) is 2.09. The Morgan fingerprint density at radius 3 is 3.11 bits per heavy atom. The number of likely N-dealkylation sites (N-methyl/N-ethyl adjacent to an activating group) is 1. The van der Waals surface area contributed by atoms with Crippen LogP contribution in [0.15, 0.2) is 24.5 Å². The van der Waals surface area contributed by atoms with Crippen molar-refractivity contribution in [3.63, 3.8) is 0 Å². The predicted molar refractivity (Wildman–Crippen MR) is 74.1 cm³/mol. The van der Waals surface area contributed by atoms with E-state index in [0.29, 0.717) is 11.6 Å². The van der Waals surface area contributed by atoms with Gasteiger partial charge in [-0.25, -0.2) is 4.98 Å². The Labute approximate surface area is 112 Å². The number of likely N-dealkylation sites (tertiary alicyclic amines) is 1. The van der Waals surface area contributed by atoms with E-state index in [2.05, 4.69) is 34.2 Å². The van der Waals surface area contributed by atoms with Crippen molar-refractivity contribution in [2.75, 3.05) is 13.6 Å². The maximum absolute atomic E-state index is 12.2. The average molecular weight is 258 g/mol. The molecule has 2 aromatic rings. The Morgan fingerprint density at radius 2 is 2.37 bits per heavy atom.